The third-order valence-electron chi connectivity index (χ3n) is 3.18. The Kier molecular flexibility index (Phi) is 2.89. The Morgan fingerprint density at radius 1 is 1.37 bits per heavy atom. The third-order valence-corrected chi connectivity index (χ3v) is 3.18. The van der Waals surface area contributed by atoms with Crippen LogP contribution in [0.25, 0.3) is 0 Å². The molecule has 1 aromatic carbocycles. The average molecular weight is 256 g/mol. The number of hydrogen-bond acceptors (Lipinski definition) is 5. The molecule has 0 saturated carbocycles. The van der Waals surface area contributed by atoms with Crippen molar-refractivity contribution in [3.8, 4) is 6.07 Å². The quantitative estimate of drug-likeness (QED) is 0.736. The molecule has 0 N–H and O–H groups in total. The van der Waals surface area contributed by atoms with Crippen LogP contribution >= 0.6 is 0 Å². The van der Waals surface area contributed by atoms with Gasteiger partial charge in [-0.1, -0.05) is 18.2 Å². The van der Waals surface area contributed by atoms with Gasteiger partial charge in [-0.25, -0.2) is 5.01 Å². The van der Waals surface area contributed by atoms with Gasteiger partial charge in [0.1, 0.15) is 12.2 Å². The SMILES string of the molecule is N#CC1=NN(c2ccccc2)[C@H]2COCCN2C1=O. The van der Waals surface area contributed by atoms with E-state index in [-0.39, 0.29) is 17.8 Å². The molecule has 96 valence electrons. The topological polar surface area (TPSA) is 68.9 Å². The molecule has 6 heteroatoms. The van der Waals surface area contributed by atoms with Crippen molar-refractivity contribution in [3.63, 3.8) is 0 Å². The van der Waals surface area contributed by atoms with Crippen LogP contribution in [0.5, 0.6) is 0 Å². The number of para-hydroxylation sites is 1. The zero-order chi connectivity index (χ0) is 13.2. The van der Waals surface area contributed by atoms with Crippen LogP contribution in [0.2, 0.25) is 0 Å². The van der Waals surface area contributed by atoms with Crippen LogP contribution in [0.3, 0.4) is 0 Å². The van der Waals surface area contributed by atoms with Crippen LogP contribution in [0.15, 0.2) is 35.4 Å². The zero-order valence-corrected chi connectivity index (χ0v) is 10.2. The second-order valence-corrected chi connectivity index (χ2v) is 4.29. The van der Waals surface area contributed by atoms with Gasteiger partial charge in [-0.2, -0.15) is 10.4 Å². The summed E-state index contributed by atoms with van der Waals surface area (Å²) in [6.45, 7) is 1.36. The van der Waals surface area contributed by atoms with Gasteiger partial charge in [-0.3, -0.25) is 4.79 Å². The van der Waals surface area contributed by atoms with E-state index in [1.165, 1.54) is 0 Å². The Balaban J connectivity index is 2.04. The molecule has 0 spiro atoms. The highest BCUT2D eigenvalue weighted by Crippen LogP contribution is 2.24. The smallest absolute Gasteiger partial charge is 0.287 e. The maximum Gasteiger partial charge on any atom is 0.287 e. The van der Waals surface area contributed by atoms with Crippen molar-refractivity contribution in [1.29, 1.82) is 5.26 Å². The van der Waals surface area contributed by atoms with E-state index in [2.05, 4.69) is 5.10 Å². The number of morpholine rings is 1. The summed E-state index contributed by atoms with van der Waals surface area (Å²) in [5, 5.41) is 14.9. The molecule has 3 rings (SSSR count). The van der Waals surface area contributed by atoms with Crippen molar-refractivity contribution in [1.82, 2.24) is 4.90 Å². The molecule has 1 amide bonds. The number of hydrazone groups is 1. The minimum atomic E-state index is -0.317. The number of benzene rings is 1. The van der Waals surface area contributed by atoms with E-state index < -0.39 is 0 Å². The summed E-state index contributed by atoms with van der Waals surface area (Å²) >= 11 is 0. The minimum Gasteiger partial charge on any atom is -0.375 e. The molecule has 6 nitrogen and oxygen atoms in total. The van der Waals surface area contributed by atoms with Crippen molar-refractivity contribution in [2.75, 3.05) is 24.8 Å². The summed E-state index contributed by atoms with van der Waals surface area (Å²) in [4.78, 5) is 13.7. The fraction of sp³-hybridized carbons (Fsp3) is 0.308. The molecule has 0 aromatic heterocycles. The van der Waals surface area contributed by atoms with Crippen LogP contribution < -0.4 is 5.01 Å². The molecule has 2 heterocycles. The molecular weight excluding hydrogens is 244 g/mol. The Bertz CT molecular complexity index is 564. The molecule has 1 atom stereocenters. The van der Waals surface area contributed by atoms with Crippen LogP contribution in [0.4, 0.5) is 5.69 Å². The summed E-state index contributed by atoms with van der Waals surface area (Å²) in [6, 6.07) is 11.3. The van der Waals surface area contributed by atoms with Crippen molar-refractivity contribution < 1.29 is 9.53 Å². The number of carbonyl (C=O) groups is 1. The third kappa shape index (κ3) is 1.94. The van der Waals surface area contributed by atoms with Gasteiger partial charge in [0.05, 0.1) is 18.9 Å². The molecule has 0 bridgehead atoms. The van der Waals surface area contributed by atoms with E-state index in [4.69, 9.17) is 10.00 Å². The first kappa shape index (κ1) is 11.7. The fourth-order valence-corrected chi connectivity index (χ4v) is 2.26. The number of amides is 1. The van der Waals surface area contributed by atoms with E-state index in [0.29, 0.717) is 19.8 Å². The number of hydrogen-bond donors (Lipinski definition) is 0. The Labute approximate surface area is 110 Å². The number of carbonyl (C=O) groups excluding carboxylic acids is 1. The van der Waals surface area contributed by atoms with E-state index >= 15 is 0 Å². The number of nitriles is 1. The Morgan fingerprint density at radius 3 is 2.89 bits per heavy atom. The molecule has 0 unspecified atom stereocenters. The monoisotopic (exact) mass is 256 g/mol. The number of rotatable bonds is 1. The van der Waals surface area contributed by atoms with Gasteiger partial charge in [0, 0.05) is 6.54 Å². The zero-order valence-electron chi connectivity index (χ0n) is 10.2. The number of anilines is 1. The molecule has 1 aromatic rings. The second kappa shape index (κ2) is 4.71. The molecule has 1 saturated heterocycles. The predicted molar refractivity (Wildman–Crippen MR) is 68.3 cm³/mol. The first-order valence-corrected chi connectivity index (χ1v) is 6.03. The summed E-state index contributed by atoms with van der Waals surface area (Å²) < 4.78 is 5.42. The molecule has 2 aliphatic rings. The lowest BCUT2D eigenvalue weighted by Gasteiger charge is -2.43. The Hall–Kier alpha value is -2.39. The number of ether oxygens (including phenoxy) is 1. The second-order valence-electron chi connectivity index (χ2n) is 4.29. The van der Waals surface area contributed by atoms with Gasteiger partial charge >= 0.3 is 0 Å². The van der Waals surface area contributed by atoms with Crippen LogP contribution in [-0.2, 0) is 9.53 Å². The lowest BCUT2D eigenvalue weighted by molar-refractivity contribution is -0.133. The van der Waals surface area contributed by atoms with Gasteiger partial charge in [-0.05, 0) is 12.1 Å². The first-order chi connectivity index (χ1) is 9.31. The maximum atomic E-state index is 12.1. The van der Waals surface area contributed by atoms with Gasteiger partial charge in [-0.15, -0.1) is 0 Å². The van der Waals surface area contributed by atoms with E-state index in [9.17, 15) is 4.79 Å². The van der Waals surface area contributed by atoms with E-state index in [1.54, 1.807) is 9.91 Å². The van der Waals surface area contributed by atoms with Crippen LogP contribution in [-0.4, -0.2) is 42.4 Å². The van der Waals surface area contributed by atoms with Crippen molar-refractivity contribution in [2.45, 2.75) is 6.17 Å². The molecule has 19 heavy (non-hydrogen) atoms. The van der Waals surface area contributed by atoms with Gasteiger partial charge in [0.15, 0.2) is 0 Å². The highest BCUT2D eigenvalue weighted by Gasteiger charge is 2.39. The molecule has 0 aliphatic carbocycles. The molecule has 0 radical (unpaired) electrons. The van der Waals surface area contributed by atoms with Crippen molar-refractivity contribution in [2.24, 2.45) is 5.10 Å². The summed E-state index contributed by atoms with van der Waals surface area (Å²) in [6.07, 6.45) is -0.277. The Morgan fingerprint density at radius 2 is 2.16 bits per heavy atom. The molecule has 1 fully saturated rings. The number of fused-ring (bicyclic) bond motifs is 1. The number of nitrogens with zero attached hydrogens (tertiary/aromatic N) is 4. The molecule has 2 aliphatic heterocycles. The van der Waals surface area contributed by atoms with Gasteiger partial charge in [0.2, 0.25) is 5.71 Å². The normalized spacial score (nSPS) is 22.6. The van der Waals surface area contributed by atoms with E-state index in [1.807, 2.05) is 36.4 Å². The average Bonchev–Trinajstić information content (AvgIpc) is 2.49. The lowest BCUT2D eigenvalue weighted by Crippen LogP contribution is -2.60. The maximum absolute atomic E-state index is 12.1. The van der Waals surface area contributed by atoms with E-state index in [0.717, 1.165) is 5.69 Å². The van der Waals surface area contributed by atoms with Gasteiger partial charge < -0.3 is 9.64 Å². The molecular formula is C13H12N4O2. The van der Waals surface area contributed by atoms with Crippen LogP contribution in [0.1, 0.15) is 0 Å². The van der Waals surface area contributed by atoms with Crippen molar-refractivity contribution >= 4 is 17.3 Å². The summed E-state index contributed by atoms with van der Waals surface area (Å²) in [5.74, 6) is -0.317. The highest BCUT2D eigenvalue weighted by atomic mass is 16.5. The first-order valence-electron chi connectivity index (χ1n) is 6.03. The minimum absolute atomic E-state index is 0.0815. The fourth-order valence-electron chi connectivity index (χ4n) is 2.26. The summed E-state index contributed by atoms with van der Waals surface area (Å²) in [7, 11) is 0. The van der Waals surface area contributed by atoms with Gasteiger partial charge in [0.25, 0.3) is 5.91 Å². The van der Waals surface area contributed by atoms with Crippen LogP contribution in [0, 0.1) is 11.3 Å². The largest absolute Gasteiger partial charge is 0.375 e. The predicted octanol–water partition coefficient (Wildman–Crippen LogP) is 0.571. The van der Waals surface area contributed by atoms with Crippen molar-refractivity contribution in [3.05, 3.63) is 30.3 Å². The highest BCUT2D eigenvalue weighted by molar-refractivity contribution is 6.45. The standard InChI is InChI=1S/C13H12N4O2/c14-8-11-13(18)16-6-7-19-9-12(16)17(15-11)10-4-2-1-3-5-10/h1-5,12H,6-7,9H2/t12-/m0/s1. The summed E-state index contributed by atoms with van der Waals surface area (Å²) in [5.41, 5.74) is 0.755. The lowest BCUT2D eigenvalue weighted by atomic mass is 10.2.